The topological polar surface area (TPSA) is 71.6 Å². The van der Waals surface area contributed by atoms with Crippen LogP contribution in [0.15, 0.2) is 48.5 Å². The lowest BCUT2D eigenvalue weighted by molar-refractivity contribution is -0.132. The minimum Gasteiger partial charge on any atom is -0.497 e. The fraction of sp³-hybridized carbons (Fsp3) is 0.263. The molecule has 6 nitrogen and oxygen atoms in total. The number of methoxy groups -OCH3 is 1. The molecule has 1 amide bonds. The summed E-state index contributed by atoms with van der Waals surface area (Å²) < 4.78 is 11.3. The van der Waals surface area contributed by atoms with Gasteiger partial charge in [-0.15, -0.1) is 0 Å². The van der Waals surface area contributed by atoms with Crippen molar-refractivity contribution >= 4 is 28.9 Å². The third-order valence-electron chi connectivity index (χ3n) is 4.79. The molecule has 0 aromatic heterocycles. The highest BCUT2D eigenvalue weighted by molar-refractivity contribution is 7.80. The molecule has 134 valence electrons. The predicted molar refractivity (Wildman–Crippen MR) is 102 cm³/mol. The molecule has 0 aliphatic carbocycles. The van der Waals surface area contributed by atoms with Gasteiger partial charge in [-0.3, -0.25) is 4.79 Å². The van der Waals surface area contributed by atoms with Crippen LogP contribution in [0.1, 0.15) is 18.5 Å². The Kier molecular flexibility index (Phi) is 3.96. The Morgan fingerprint density at radius 3 is 2.69 bits per heavy atom. The minimum absolute atomic E-state index is 0.153. The summed E-state index contributed by atoms with van der Waals surface area (Å²) in [6.07, 6.45) is 0. The zero-order valence-corrected chi connectivity index (χ0v) is 15.2. The van der Waals surface area contributed by atoms with E-state index in [2.05, 4.69) is 16.0 Å². The highest BCUT2D eigenvalue weighted by atomic mass is 32.1. The van der Waals surface area contributed by atoms with Crippen molar-refractivity contribution in [3.8, 4) is 11.5 Å². The largest absolute Gasteiger partial charge is 0.497 e. The number of rotatable bonds is 3. The second-order valence-corrected chi connectivity index (χ2v) is 6.93. The van der Waals surface area contributed by atoms with E-state index in [4.69, 9.17) is 21.7 Å². The molecular weight excluding hydrogens is 350 g/mol. The number of para-hydroxylation sites is 1. The van der Waals surface area contributed by atoms with Crippen molar-refractivity contribution < 1.29 is 14.3 Å². The number of hydrogen-bond acceptors (Lipinski definition) is 4. The van der Waals surface area contributed by atoms with Gasteiger partial charge in [-0.25, -0.2) is 0 Å². The first-order chi connectivity index (χ1) is 12.5. The molecule has 2 aromatic rings. The van der Waals surface area contributed by atoms with Gasteiger partial charge in [0, 0.05) is 11.3 Å². The van der Waals surface area contributed by atoms with E-state index in [0.717, 1.165) is 17.1 Å². The van der Waals surface area contributed by atoms with Gasteiger partial charge in [0.1, 0.15) is 17.4 Å². The Bertz CT molecular complexity index is 871. The summed E-state index contributed by atoms with van der Waals surface area (Å²) in [6.45, 7) is 1.85. The van der Waals surface area contributed by atoms with Crippen LogP contribution in [0, 0.1) is 5.92 Å². The second-order valence-electron chi connectivity index (χ2n) is 6.52. The van der Waals surface area contributed by atoms with Crippen molar-refractivity contribution in [2.45, 2.75) is 18.7 Å². The molecular formula is C19H19N3O3S. The quantitative estimate of drug-likeness (QED) is 0.723. The predicted octanol–water partition coefficient (Wildman–Crippen LogP) is 2.58. The zero-order valence-electron chi connectivity index (χ0n) is 14.4. The van der Waals surface area contributed by atoms with Gasteiger partial charge in [0.2, 0.25) is 5.91 Å². The van der Waals surface area contributed by atoms with Gasteiger partial charge in [0.05, 0.1) is 13.2 Å². The summed E-state index contributed by atoms with van der Waals surface area (Å²) in [5.74, 6) is 0.817. The van der Waals surface area contributed by atoms with Crippen LogP contribution in [0.3, 0.4) is 0 Å². The number of carbonyl (C=O) groups excluding carboxylic acids is 1. The van der Waals surface area contributed by atoms with E-state index in [1.807, 2.05) is 31.2 Å². The van der Waals surface area contributed by atoms with Gasteiger partial charge in [0.25, 0.3) is 0 Å². The summed E-state index contributed by atoms with van der Waals surface area (Å²) in [5.41, 5.74) is 0.681. The third-order valence-corrected chi connectivity index (χ3v) is 5.01. The van der Waals surface area contributed by atoms with E-state index >= 15 is 0 Å². The monoisotopic (exact) mass is 369 g/mol. The first-order valence-corrected chi connectivity index (χ1v) is 8.72. The van der Waals surface area contributed by atoms with Crippen LogP contribution in [0.5, 0.6) is 11.5 Å². The lowest BCUT2D eigenvalue weighted by Crippen LogP contribution is -2.70. The maximum absolute atomic E-state index is 13.1. The smallest absolute Gasteiger partial charge is 0.236 e. The first-order valence-electron chi connectivity index (χ1n) is 8.32. The SMILES string of the molecule is COc1ccc(NC(=O)[C@H]2[C@@H]3NC(=S)N[C@]2(C)Oc2ccccc23)cc1. The minimum atomic E-state index is -0.933. The summed E-state index contributed by atoms with van der Waals surface area (Å²) in [5, 5.41) is 9.78. The number of fused-ring (bicyclic) bond motifs is 4. The molecule has 0 unspecified atom stereocenters. The van der Waals surface area contributed by atoms with Crippen LogP contribution in [-0.4, -0.2) is 23.9 Å². The van der Waals surface area contributed by atoms with E-state index in [0.29, 0.717) is 10.8 Å². The van der Waals surface area contributed by atoms with Gasteiger partial charge in [0.15, 0.2) is 10.8 Å². The fourth-order valence-electron chi connectivity index (χ4n) is 3.58. The van der Waals surface area contributed by atoms with Gasteiger partial charge in [-0.05, 0) is 49.5 Å². The average molecular weight is 369 g/mol. The number of ether oxygens (including phenoxy) is 2. The summed E-state index contributed by atoms with van der Waals surface area (Å²) in [7, 11) is 1.60. The Balaban J connectivity index is 1.66. The van der Waals surface area contributed by atoms with E-state index in [-0.39, 0.29) is 11.9 Å². The zero-order chi connectivity index (χ0) is 18.3. The number of benzene rings is 2. The maximum Gasteiger partial charge on any atom is 0.236 e. The lowest BCUT2D eigenvalue weighted by atomic mass is 9.80. The van der Waals surface area contributed by atoms with Crippen LogP contribution in [-0.2, 0) is 4.79 Å². The first kappa shape index (κ1) is 16.7. The summed E-state index contributed by atoms with van der Waals surface area (Å²) in [6, 6.07) is 14.6. The molecule has 2 aromatic carbocycles. The average Bonchev–Trinajstić information content (AvgIpc) is 2.61. The maximum atomic E-state index is 13.1. The number of carbonyl (C=O) groups is 1. The van der Waals surface area contributed by atoms with Crippen molar-refractivity contribution in [1.82, 2.24) is 10.6 Å². The molecule has 2 aliphatic rings. The lowest BCUT2D eigenvalue weighted by Gasteiger charge is -2.50. The number of nitrogens with one attached hydrogen (secondary N) is 3. The van der Waals surface area contributed by atoms with Crippen LogP contribution < -0.4 is 25.4 Å². The van der Waals surface area contributed by atoms with Crippen LogP contribution in [0.25, 0.3) is 0 Å². The van der Waals surface area contributed by atoms with Crippen molar-refractivity contribution in [1.29, 1.82) is 0 Å². The molecule has 1 saturated heterocycles. The van der Waals surface area contributed by atoms with E-state index in [1.54, 1.807) is 31.4 Å². The van der Waals surface area contributed by atoms with Gasteiger partial charge < -0.3 is 25.4 Å². The molecule has 26 heavy (non-hydrogen) atoms. The molecule has 0 saturated carbocycles. The number of hydrogen-bond donors (Lipinski definition) is 3. The van der Waals surface area contributed by atoms with Crippen LogP contribution in [0.2, 0.25) is 0 Å². The molecule has 0 radical (unpaired) electrons. The number of thiocarbonyl (C=S) groups is 1. The Morgan fingerprint density at radius 1 is 1.23 bits per heavy atom. The molecule has 2 aliphatic heterocycles. The van der Waals surface area contributed by atoms with Crippen molar-refractivity contribution in [2.24, 2.45) is 5.92 Å². The van der Waals surface area contributed by atoms with Crippen molar-refractivity contribution in [3.05, 3.63) is 54.1 Å². The fourth-order valence-corrected chi connectivity index (χ4v) is 3.91. The molecule has 0 spiro atoms. The van der Waals surface area contributed by atoms with Gasteiger partial charge in [-0.1, -0.05) is 18.2 Å². The van der Waals surface area contributed by atoms with Crippen molar-refractivity contribution in [3.63, 3.8) is 0 Å². The number of anilines is 1. The highest BCUT2D eigenvalue weighted by Crippen LogP contribution is 2.44. The van der Waals surface area contributed by atoms with E-state index in [9.17, 15) is 4.79 Å². The van der Waals surface area contributed by atoms with Gasteiger partial charge in [-0.2, -0.15) is 0 Å². The molecule has 2 bridgehead atoms. The standard InChI is InChI=1S/C19H19N3O3S/c1-19-15(17(23)20-11-7-9-12(24-2)10-8-11)16(21-18(26)22-19)13-5-3-4-6-14(13)25-19/h3-10,15-16H,1-2H3,(H,20,23)(H2,21,22,26)/t15-,16-,19-/m1/s1. The van der Waals surface area contributed by atoms with Crippen LogP contribution >= 0.6 is 12.2 Å². The van der Waals surface area contributed by atoms with Crippen LogP contribution in [0.4, 0.5) is 5.69 Å². The van der Waals surface area contributed by atoms with E-state index in [1.165, 1.54) is 0 Å². The highest BCUT2D eigenvalue weighted by Gasteiger charge is 2.54. The Labute approximate surface area is 156 Å². The normalized spacial score (nSPS) is 25.8. The Morgan fingerprint density at radius 2 is 1.96 bits per heavy atom. The third kappa shape index (κ3) is 2.74. The summed E-state index contributed by atoms with van der Waals surface area (Å²) >= 11 is 5.31. The molecule has 2 heterocycles. The molecule has 3 N–H and O–H groups in total. The molecule has 4 rings (SSSR count). The Hall–Kier alpha value is -2.80. The molecule has 1 fully saturated rings. The number of amides is 1. The summed E-state index contributed by atoms with van der Waals surface area (Å²) in [4.78, 5) is 13.1. The molecule has 3 atom stereocenters. The van der Waals surface area contributed by atoms with Crippen molar-refractivity contribution in [2.75, 3.05) is 12.4 Å². The van der Waals surface area contributed by atoms with Gasteiger partial charge >= 0.3 is 0 Å². The molecule has 7 heteroatoms. The van der Waals surface area contributed by atoms with E-state index < -0.39 is 11.6 Å². The second kappa shape index (κ2) is 6.17.